The highest BCUT2D eigenvalue weighted by Gasteiger charge is 2.28. The van der Waals surface area contributed by atoms with Crippen LogP contribution in [0.15, 0.2) is 48.5 Å². The van der Waals surface area contributed by atoms with Crippen LogP contribution in [0.2, 0.25) is 0 Å². The van der Waals surface area contributed by atoms with E-state index in [1.807, 2.05) is 36.4 Å². The van der Waals surface area contributed by atoms with Crippen molar-refractivity contribution in [3.05, 3.63) is 59.7 Å². The molecule has 0 spiro atoms. The van der Waals surface area contributed by atoms with Crippen molar-refractivity contribution in [1.29, 1.82) is 0 Å². The fraction of sp³-hybridized carbons (Fsp3) is 0.400. The molecule has 0 saturated carbocycles. The van der Waals surface area contributed by atoms with E-state index < -0.39 is 0 Å². The first kappa shape index (κ1) is 17.8. The second kappa shape index (κ2) is 6.93. The number of hydrogen-bond acceptors (Lipinski definition) is 2. The van der Waals surface area contributed by atoms with Gasteiger partial charge < -0.3 is 9.05 Å². The highest BCUT2D eigenvalue weighted by atomic mass is 31.1. The monoisotopic (exact) mass is 330 g/mol. The minimum absolute atomic E-state index is 0.0104. The number of hydrogen-bond donors (Lipinski definition) is 0. The SMILES string of the molecule is CC(C)(C)c1cccc(OPOc2ccccc2)c1C(C)(C)C. The largest absolute Gasteiger partial charge is 0.441 e. The second-order valence-corrected chi connectivity index (χ2v) is 8.35. The predicted octanol–water partition coefficient (Wildman–Crippen LogP) is 6.25. The van der Waals surface area contributed by atoms with E-state index in [2.05, 4.69) is 53.7 Å². The average molecular weight is 330 g/mol. The summed E-state index contributed by atoms with van der Waals surface area (Å²) in [6, 6.07) is 16.1. The maximum atomic E-state index is 6.01. The molecule has 0 amide bonds. The van der Waals surface area contributed by atoms with Crippen molar-refractivity contribution in [2.45, 2.75) is 52.4 Å². The van der Waals surface area contributed by atoms with Gasteiger partial charge in [0.2, 0.25) is 0 Å². The molecule has 2 aromatic rings. The van der Waals surface area contributed by atoms with Gasteiger partial charge in [-0.2, -0.15) is 0 Å². The number of rotatable bonds is 4. The summed E-state index contributed by atoms with van der Waals surface area (Å²) >= 11 is 0. The Morgan fingerprint density at radius 3 is 1.91 bits per heavy atom. The van der Waals surface area contributed by atoms with Gasteiger partial charge in [0, 0.05) is 5.56 Å². The highest BCUT2D eigenvalue weighted by Crippen LogP contribution is 2.41. The zero-order chi connectivity index (χ0) is 17.1. The zero-order valence-corrected chi connectivity index (χ0v) is 15.9. The summed E-state index contributed by atoms with van der Waals surface area (Å²) in [5.41, 5.74) is 2.67. The van der Waals surface area contributed by atoms with Crippen molar-refractivity contribution >= 4 is 9.03 Å². The van der Waals surface area contributed by atoms with Crippen LogP contribution in [0.1, 0.15) is 52.7 Å². The lowest BCUT2D eigenvalue weighted by molar-refractivity contribution is 0.477. The molecule has 0 fully saturated rings. The lowest BCUT2D eigenvalue weighted by Crippen LogP contribution is -2.22. The van der Waals surface area contributed by atoms with Crippen molar-refractivity contribution in [3.8, 4) is 11.5 Å². The van der Waals surface area contributed by atoms with Crippen LogP contribution in [0.5, 0.6) is 11.5 Å². The summed E-state index contributed by atoms with van der Waals surface area (Å²) < 4.78 is 11.7. The molecule has 2 aromatic carbocycles. The second-order valence-electron chi connectivity index (χ2n) is 7.78. The minimum Gasteiger partial charge on any atom is -0.441 e. The average Bonchev–Trinajstić information content (AvgIpc) is 2.46. The van der Waals surface area contributed by atoms with E-state index in [1.165, 1.54) is 11.1 Å². The van der Waals surface area contributed by atoms with E-state index in [-0.39, 0.29) is 19.9 Å². The molecule has 0 aliphatic rings. The first-order valence-electron chi connectivity index (χ1n) is 7.97. The van der Waals surface area contributed by atoms with Gasteiger partial charge in [0.25, 0.3) is 9.03 Å². The van der Waals surface area contributed by atoms with Crippen molar-refractivity contribution in [3.63, 3.8) is 0 Å². The Bertz CT molecular complexity index is 637. The van der Waals surface area contributed by atoms with Crippen molar-refractivity contribution < 1.29 is 9.05 Å². The third kappa shape index (κ3) is 4.72. The fourth-order valence-electron chi connectivity index (χ4n) is 2.62. The van der Waals surface area contributed by atoms with Crippen LogP contribution in [-0.2, 0) is 10.8 Å². The normalized spacial score (nSPS) is 12.6. The summed E-state index contributed by atoms with van der Waals surface area (Å²) in [7, 11) is -0.0577. The Hall–Kier alpha value is -1.53. The third-order valence-electron chi connectivity index (χ3n) is 3.64. The Balaban J connectivity index is 2.24. The molecular formula is C20H27O2P. The quantitative estimate of drug-likeness (QED) is 0.617. The van der Waals surface area contributed by atoms with E-state index in [1.54, 1.807) is 0 Å². The summed E-state index contributed by atoms with van der Waals surface area (Å²) in [4.78, 5) is 0. The maximum Gasteiger partial charge on any atom is 0.275 e. The molecule has 0 aromatic heterocycles. The molecule has 0 bridgehead atoms. The Morgan fingerprint density at radius 1 is 0.696 bits per heavy atom. The molecule has 23 heavy (non-hydrogen) atoms. The van der Waals surface area contributed by atoms with E-state index in [4.69, 9.17) is 9.05 Å². The van der Waals surface area contributed by atoms with Gasteiger partial charge in [-0.3, -0.25) is 0 Å². The molecule has 0 aliphatic carbocycles. The van der Waals surface area contributed by atoms with Crippen LogP contribution in [-0.4, -0.2) is 0 Å². The topological polar surface area (TPSA) is 18.5 Å². The molecule has 0 saturated heterocycles. The molecule has 0 heterocycles. The molecule has 1 atom stereocenters. The van der Waals surface area contributed by atoms with E-state index in [0.29, 0.717) is 0 Å². The van der Waals surface area contributed by atoms with Gasteiger partial charge in [-0.15, -0.1) is 0 Å². The van der Waals surface area contributed by atoms with Crippen LogP contribution in [0.3, 0.4) is 0 Å². The smallest absolute Gasteiger partial charge is 0.275 e. The molecule has 0 aliphatic heterocycles. The zero-order valence-electron chi connectivity index (χ0n) is 14.9. The van der Waals surface area contributed by atoms with E-state index in [9.17, 15) is 0 Å². The maximum absolute atomic E-state index is 6.01. The van der Waals surface area contributed by atoms with Gasteiger partial charge in [-0.1, -0.05) is 71.9 Å². The summed E-state index contributed by atoms with van der Waals surface area (Å²) in [5.74, 6) is 1.74. The molecule has 0 radical (unpaired) electrons. The molecule has 2 nitrogen and oxygen atoms in total. The Morgan fingerprint density at radius 2 is 1.35 bits per heavy atom. The first-order chi connectivity index (χ1) is 10.7. The molecule has 0 N–H and O–H groups in total. The van der Waals surface area contributed by atoms with Crippen molar-refractivity contribution in [2.75, 3.05) is 0 Å². The van der Waals surface area contributed by atoms with Gasteiger partial charge in [-0.25, -0.2) is 0 Å². The van der Waals surface area contributed by atoms with E-state index >= 15 is 0 Å². The number of para-hydroxylation sites is 1. The summed E-state index contributed by atoms with van der Waals surface area (Å²) in [6.45, 7) is 13.4. The van der Waals surface area contributed by atoms with Crippen LogP contribution in [0.4, 0.5) is 0 Å². The van der Waals surface area contributed by atoms with Gasteiger partial charge in [-0.05, 0) is 34.6 Å². The lowest BCUT2D eigenvalue weighted by Gasteiger charge is -2.31. The summed E-state index contributed by atoms with van der Waals surface area (Å²) in [6.07, 6.45) is 0. The van der Waals surface area contributed by atoms with Crippen LogP contribution in [0.25, 0.3) is 0 Å². The molecular weight excluding hydrogens is 303 g/mol. The van der Waals surface area contributed by atoms with Gasteiger partial charge >= 0.3 is 0 Å². The predicted molar refractivity (Wildman–Crippen MR) is 99.9 cm³/mol. The van der Waals surface area contributed by atoms with Crippen LogP contribution < -0.4 is 9.05 Å². The van der Waals surface area contributed by atoms with Gasteiger partial charge in [0.05, 0.1) is 0 Å². The summed E-state index contributed by atoms with van der Waals surface area (Å²) in [5, 5.41) is 0. The minimum atomic E-state index is -0.0577. The first-order valence-corrected chi connectivity index (χ1v) is 8.79. The Kier molecular flexibility index (Phi) is 5.37. The van der Waals surface area contributed by atoms with E-state index in [0.717, 1.165) is 11.5 Å². The molecule has 1 unspecified atom stereocenters. The Labute approximate surface area is 142 Å². The van der Waals surface area contributed by atoms with Gasteiger partial charge in [0.1, 0.15) is 11.5 Å². The molecule has 2 rings (SSSR count). The van der Waals surface area contributed by atoms with Crippen LogP contribution in [0, 0.1) is 0 Å². The third-order valence-corrected chi connectivity index (χ3v) is 4.26. The van der Waals surface area contributed by atoms with Gasteiger partial charge in [0.15, 0.2) is 0 Å². The lowest BCUT2D eigenvalue weighted by atomic mass is 9.75. The highest BCUT2D eigenvalue weighted by molar-refractivity contribution is 7.27. The van der Waals surface area contributed by atoms with Crippen molar-refractivity contribution in [2.24, 2.45) is 0 Å². The van der Waals surface area contributed by atoms with Crippen molar-refractivity contribution in [1.82, 2.24) is 0 Å². The standard InChI is InChI=1S/C20H27O2P/c1-19(2,3)16-13-10-14-17(18(16)20(4,5)6)22-23-21-15-11-8-7-9-12-15/h7-14,23H,1-6H3. The molecule has 3 heteroatoms. The fourth-order valence-corrected chi connectivity index (χ4v) is 3.15. The van der Waals surface area contributed by atoms with Crippen LogP contribution >= 0.6 is 9.03 Å². The number of benzene rings is 2. The molecule has 124 valence electrons.